The molecule has 0 atom stereocenters. The first-order valence-electron chi connectivity index (χ1n) is 6.83. The number of pyridine rings is 1. The van der Waals surface area contributed by atoms with Gasteiger partial charge in [0.15, 0.2) is 0 Å². The number of nitrogens with one attached hydrogen (secondary N) is 2. The SMILES string of the molecule is Cn1cc(-c2ccc(CNC(=O)NC(C)(C)C)cn2)cn1. The molecule has 2 amide bonds. The first-order chi connectivity index (χ1) is 9.83. The molecule has 2 rings (SSSR count). The van der Waals surface area contributed by atoms with Crippen LogP contribution in [-0.2, 0) is 13.6 Å². The van der Waals surface area contributed by atoms with Crippen molar-refractivity contribution in [3.63, 3.8) is 0 Å². The van der Waals surface area contributed by atoms with E-state index < -0.39 is 0 Å². The summed E-state index contributed by atoms with van der Waals surface area (Å²) in [6.07, 6.45) is 5.45. The topological polar surface area (TPSA) is 71.8 Å². The monoisotopic (exact) mass is 287 g/mol. The minimum absolute atomic E-state index is 0.182. The van der Waals surface area contributed by atoms with Gasteiger partial charge in [0.1, 0.15) is 0 Å². The number of amides is 2. The lowest BCUT2D eigenvalue weighted by atomic mass is 10.1. The molecule has 0 spiro atoms. The molecular formula is C15H21N5O. The molecule has 6 nitrogen and oxygen atoms in total. The number of hydrogen-bond donors (Lipinski definition) is 2. The molecule has 2 aromatic rings. The molecule has 0 saturated heterocycles. The second kappa shape index (κ2) is 5.95. The lowest BCUT2D eigenvalue weighted by molar-refractivity contribution is 0.231. The van der Waals surface area contributed by atoms with Crippen molar-refractivity contribution in [2.24, 2.45) is 7.05 Å². The molecule has 0 saturated carbocycles. The second-order valence-corrected chi connectivity index (χ2v) is 6.01. The summed E-state index contributed by atoms with van der Waals surface area (Å²) in [5, 5.41) is 9.78. The minimum atomic E-state index is -0.244. The molecular weight excluding hydrogens is 266 g/mol. The van der Waals surface area contributed by atoms with Gasteiger partial charge in [-0.3, -0.25) is 9.67 Å². The Labute approximate surface area is 124 Å². The van der Waals surface area contributed by atoms with E-state index in [4.69, 9.17) is 0 Å². The van der Waals surface area contributed by atoms with E-state index in [0.29, 0.717) is 6.54 Å². The van der Waals surface area contributed by atoms with Crippen molar-refractivity contribution in [3.05, 3.63) is 36.3 Å². The van der Waals surface area contributed by atoms with Gasteiger partial charge in [0, 0.05) is 37.1 Å². The summed E-state index contributed by atoms with van der Waals surface area (Å²) >= 11 is 0. The largest absolute Gasteiger partial charge is 0.334 e. The number of aryl methyl sites for hydroxylation is 1. The number of carbonyl (C=O) groups excluding carboxylic acids is 1. The van der Waals surface area contributed by atoms with E-state index >= 15 is 0 Å². The van der Waals surface area contributed by atoms with Crippen molar-refractivity contribution in [1.82, 2.24) is 25.4 Å². The molecule has 0 radical (unpaired) electrons. The molecule has 0 aliphatic rings. The van der Waals surface area contributed by atoms with Gasteiger partial charge in [0.05, 0.1) is 11.9 Å². The Balaban J connectivity index is 1.92. The maximum atomic E-state index is 11.7. The van der Waals surface area contributed by atoms with Crippen molar-refractivity contribution in [2.45, 2.75) is 32.9 Å². The van der Waals surface area contributed by atoms with Crippen LogP contribution in [0.1, 0.15) is 26.3 Å². The summed E-state index contributed by atoms with van der Waals surface area (Å²) in [5.74, 6) is 0. The van der Waals surface area contributed by atoms with Gasteiger partial charge in [0.25, 0.3) is 0 Å². The van der Waals surface area contributed by atoms with Crippen LogP contribution >= 0.6 is 0 Å². The van der Waals surface area contributed by atoms with Gasteiger partial charge in [-0.1, -0.05) is 6.07 Å². The zero-order chi connectivity index (χ0) is 15.5. The van der Waals surface area contributed by atoms with Gasteiger partial charge < -0.3 is 10.6 Å². The standard InChI is InChI=1S/C15H21N5O/c1-15(2,3)19-14(21)17-8-11-5-6-13(16-7-11)12-9-18-20(4)10-12/h5-7,9-10H,8H2,1-4H3,(H2,17,19,21). The number of rotatable bonds is 3. The molecule has 21 heavy (non-hydrogen) atoms. The zero-order valence-corrected chi connectivity index (χ0v) is 12.8. The molecule has 0 aromatic carbocycles. The Morgan fingerprint density at radius 2 is 2.05 bits per heavy atom. The van der Waals surface area contributed by atoms with Crippen LogP contribution in [0.25, 0.3) is 11.3 Å². The maximum Gasteiger partial charge on any atom is 0.315 e. The van der Waals surface area contributed by atoms with Crippen LogP contribution in [0.4, 0.5) is 4.79 Å². The Bertz CT molecular complexity index is 610. The summed E-state index contributed by atoms with van der Waals surface area (Å²) in [6, 6.07) is 3.70. The highest BCUT2D eigenvalue weighted by Crippen LogP contribution is 2.15. The molecule has 0 bridgehead atoms. The second-order valence-electron chi connectivity index (χ2n) is 6.01. The lowest BCUT2D eigenvalue weighted by Crippen LogP contribution is -2.46. The van der Waals surface area contributed by atoms with Crippen LogP contribution in [0.3, 0.4) is 0 Å². The van der Waals surface area contributed by atoms with E-state index in [0.717, 1.165) is 16.8 Å². The molecule has 2 N–H and O–H groups in total. The summed E-state index contributed by atoms with van der Waals surface area (Å²) < 4.78 is 1.74. The predicted molar refractivity (Wildman–Crippen MR) is 81.6 cm³/mol. The quantitative estimate of drug-likeness (QED) is 0.908. The van der Waals surface area contributed by atoms with Gasteiger partial charge in [-0.25, -0.2) is 4.79 Å². The number of carbonyl (C=O) groups is 1. The normalized spacial score (nSPS) is 11.2. The van der Waals surface area contributed by atoms with Crippen LogP contribution in [0.15, 0.2) is 30.7 Å². The Hall–Kier alpha value is -2.37. The van der Waals surface area contributed by atoms with Crippen molar-refractivity contribution in [2.75, 3.05) is 0 Å². The number of aromatic nitrogens is 3. The number of hydrogen-bond acceptors (Lipinski definition) is 3. The molecule has 2 heterocycles. The fraction of sp³-hybridized carbons (Fsp3) is 0.400. The van der Waals surface area contributed by atoms with E-state index in [2.05, 4.69) is 20.7 Å². The van der Waals surface area contributed by atoms with E-state index in [-0.39, 0.29) is 11.6 Å². The summed E-state index contributed by atoms with van der Waals surface area (Å²) in [5.41, 5.74) is 2.55. The fourth-order valence-corrected chi connectivity index (χ4v) is 1.82. The summed E-state index contributed by atoms with van der Waals surface area (Å²) in [4.78, 5) is 16.1. The third-order valence-electron chi connectivity index (χ3n) is 2.77. The number of nitrogens with zero attached hydrogens (tertiary/aromatic N) is 3. The van der Waals surface area contributed by atoms with Gasteiger partial charge in [-0.2, -0.15) is 5.10 Å². The van der Waals surface area contributed by atoms with Crippen LogP contribution < -0.4 is 10.6 Å². The van der Waals surface area contributed by atoms with Crippen LogP contribution in [0.5, 0.6) is 0 Å². The van der Waals surface area contributed by atoms with Crippen LogP contribution in [-0.4, -0.2) is 26.3 Å². The zero-order valence-electron chi connectivity index (χ0n) is 12.8. The van der Waals surface area contributed by atoms with Crippen LogP contribution in [0.2, 0.25) is 0 Å². The highest BCUT2D eigenvalue weighted by Gasteiger charge is 2.13. The Morgan fingerprint density at radius 3 is 2.57 bits per heavy atom. The molecule has 6 heteroatoms. The average molecular weight is 287 g/mol. The fourth-order valence-electron chi connectivity index (χ4n) is 1.82. The van der Waals surface area contributed by atoms with Crippen molar-refractivity contribution in [1.29, 1.82) is 0 Å². The third kappa shape index (κ3) is 4.59. The smallest absolute Gasteiger partial charge is 0.315 e. The predicted octanol–water partition coefficient (Wildman–Crippen LogP) is 2.08. The van der Waals surface area contributed by atoms with Crippen molar-refractivity contribution < 1.29 is 4.79 Å². The molecule has 0 aliphatic heterocycles. The third-order valence-corrected chi connectivity index (χ3v) is 2.77. The van der Waals surface area contributed by atoms with Gasteiger partial charge >= 0.3 is 6.03 Å². The highest BCUT2D eigenvalue weighted by atomic mass is 16.2. The van der Waals surface area contributed by atoms with E-state index in [1.807, 2.05) is 46.1 Å². The van der Waals surface area contributed by atoms with E-state index in [9.17, 15) is 4.79 Å². The first kappa shape index (κ1) is 15.0. The van der Waals surface area contributed by atoms with Gasteiger partial charge in [0.2, 0.25) is 0 Å². The van der Waals surface area contributed by atoms with Crippen LogP contribution in [0, 0.1) is 0 Å². The Kier molecular flexibility index (Phi) is 4.26. The van der Waals surface area contributed by atoms with Gasteiger partial charge in [-0.05, 0) is 32.4 Å². The maximum absolute atomic E-state index is 11.7. The molecule has 0 unspecified atom stereocenters. The molecule has 112 valence electrons. The number of urea groups is 1. The van der Waals surface area contributed by atoms with Gasteiger partial charge in [-0.15, -0.1) is 0 Å². The van der Waals surface area contributed by atoms with Crippen molar-refractivity contribution in [3.8, 4) is 11.3 Å². The lowest BCUT2D eigenvalue weighted by Gasteiger charge is -2.20. The van der Waals surface area contributed by atoms with E-state index in [1.54, 1.807) is 17.1 Å². The molecule has 2 aromatic heterocycles. The minimum Gasteiger partial charge on any atom is -0.334 e. The summed E-state index contributed by atoms with van der Waals surface area (Å²) in [6.45, 7) is 6.27. The molecule has 0 fully saturated rings. The molecule has 0 aliphatic carbocycles. The summed E-state index contributed by atoms with van der Waals surface area (Å²) in [7, 11) is 1.87. The average Bonchev–Trinajstić information content (AvgIpc) is 2.82. The highest BCUT2D eigenvalue weighted by molar-refractivity contribution is 5.74. The Morgan fingerprint density at radius 1 is 1.29 bits per heavy atom. The van der Waals surface area contributed by atoms with E-state index in [1.165, 1.54) is 0 Å². The van der Waals surface area contributed by atoms with Crippen molar-refractivity contribution >= 4 is 6.03 Å². The first-order valence-corrected chi connectivity index (χ1v) is 6.83.